The van der Waals surface area contributed by atoms with Gasteiger partial charge in [0.1, 0.15) is 0 Å². The lowest BCUT2D eigenvalue weighted by atomic mass is 9.99. The van der Waals surface area contributed by atoms with Crippen molar-refractivity contribution in [3.8, 4) is 28.6 Å². The number of primary amides is 1. The number of aromatic nitrogens is 4. The van der Waals surface area contributed by atoms with Gasteiger partial charge in [0.25, 0.3) is 0 Å². The molecule has 0 atom stereocenters. The smallest absolute Gasteiger partial charge is 0.248 e. The number of benzene rings is 3. The molecule has 140 valence electrons. The van der Waals surface area contributed by atoms with Crippen molar-refractivity contribution in [3.05, 3.63) is 89.5 Å². The minimum absolute atomic E-state index is 0.430. The molecule has 0 saturated heterocycles. The molecule has 0 fully saturated rings. The van der Waals surface area contributed by atoms with Gasteiger partial charge in [-0.3, -0.25) is 4.79 Å². The van der Waals surface area contributed by atoms with E-state index in [9.17, 15) is 10.1 Å². The van der Waals surface area contributed by atoms with Crippen molar-refractivity contribution >= 4 is 5.91 Å². The highest BCUT2D eigenvalue weighted by atomic mass is 16.1. The van der Waals surface area contributed by atoms with Gasteiger partial charge in [-0.25, -0.2) is 0 Å². The zero-order valence-corrected chi connectivity index (χ0v) is 15.4. The van der Waals surface area contributed by atoms with E-state index < -0.39 is 5.91 Å². The molecule has 7 heteroatoms. The molecule has 29 heavy (non-hydrogen) atoms. The van der Waals surface area contributed by atoms with Crippen LogP contribution in [-0.4, -0.2) is 26.1 Å². The van der Waals surface area contributed by atoms with E-state index in [1.807, 2.05) is 42.5 Å². The molecule has 7 nitrogen and oxygen atoms in total. The Bertz CT molecular complexity index is 1200. The van der Waals surface area contributed by atoms with Crippen LogP contribution in [0.3, 0.4) is 0 Å². The predicted octanol–water partition coefficient (Wildman–Crippen LogP) is 3.03. The number of carbonyl (C=O) groups excluding carboxylic acids is 1. The molecule has 0 spiro atoms. The molecule has 0 aliphatic heterocycles. The molecular formula is C22H16N6O. The lowest BCUT2D eigenvalue weighted by molar-refractivity contribution is 0.100. The van der Waals surface area contributed by atoms with Crippen LogP contribution in [-0.2, 0) is 6.54 Å². The Morgan fingerprint density at radius 2 is 1.66 bits per heavy atom. The average molecular weight is 380 g/mol. The van der Waals surface area contributed by atoms with Crippen LogP contribution in [0, 0.1) is 11.3 Å². The lowest BCUT2D eigenvalue weighted by Crippen LogP contribution is -2.10. The van der Waals surface area contributed by atoms with Crippen molar-refractivity contribution in [2.75, 3.05) is 0 Å². The summed E-state index contributed by atoms with van der Waals surface area (Å²) < 4.78 is 0. The molecule has 4 rings (SSSR count). The summed E-state index contributed by atoms with van der Waals surface area (Å²) in [4.78, 5) is 12.7. The summed E-state index contributed by atoms with van der Waals surface area (Å²) in [6.07, 6.45) is 0. The Balaban J connectivity index is 1.50. The van der Waals surface area contributed by atoms with E-state index >= 15 is 0 Å². The highest BCUT2D eigenvalue weighted by molar-refractivity contribution is 5.93. The van der Waals surface area contributed by atoms with Crippen LogP contribution in [0.1, 0.15) is 21.5 Å². The summed E-state index contributed by atoms with van der Waals surface area (Å²) in [7, 11) is 0. The highest BCUT2D eigenvalue weighted by Gasteiger charge is 2.09. The number of hydrogen-bond donors (Lipinski definition) is 1. The number of nitriles is 1. The first-order valence-corrected chi connectivity index (χ1v) is 8.90. The van der Waals surface area contributed by atoms with E-state index in [4.69, 9.17) is 5.73 Å². The van der Waals surface area contributed by atoms with Crippen LogP contribution in [0.25, 0.3) is 22.5 Å². The van der Waals surface area contributed by atoms with Crippen LogP contribution in [0.2, 0.25) is 0 Å². The van der Waals surface area contributed by atoms with E-state index in [1.165, 1.54) is 4.80 Å². The third-order valence-electron chi connectivity index (χ3n) is 4.52. The molecule has 0 radical (unpaired) electrons. The van der Waals surface area contributed by atoms with Crippen molar-refractivity contribution in [2.45, 2.75) is 6.54 Å². The third kappa shape index (κ3) is 3.87. The second-order valence-corrected chi connectivity index (χ2v) is 6.44. The largest absolute Gasteiger partial charge is 0.366 e. The molecule has 0 unspecified atom stereocenters. The summed E-state index contributed by atoms with van der Waals surface area (Å²) >= 11 is 0. The van der Waals surface area contributed by atoms with E-state index in [1.54, 1.807) is 30.3 Å². The van der Waals surface area contributed by atoms with Crippen LogP contribution >= 0.6 is 0 Å². The quantitative estimate of drug-likeness (QED) is 0.572. The maximum atomic E-state index is 11.2. The maximum Gasteiger partial charge on any atom is 0.248 e. The zero-order chi connectivity index (χ0) is 20.2. The molecule has 0 bridgehead atoms. The minimum Gasteiger partial charge on any atom is -0.366 e. The number of nitrogens with zero attached hydrogens (tertiary/aromatic N) is 5. The van der Waals surface area contributed by atoms with Gasteiger partial charge >= 0.3 is 0 Å². The summed E-state index contributed by atoms with van der Waals surface area (Å²) in [5.74, 6) is -0.00501. The Morgan fingerprint density at radius 3 is 2.34 bits per heavy atom. The average Bonchev–Trinajstić information content (AvgIpc) is 3.23. The first-order chi connectivity index (χ1) is 14.1. The summed E-state index contributed by atoms with van der Waals surface area (Å²) in [5.41, 5.74) is 9.98. The molecule has 0 aliphatic rings. The SMILES string of the molecule is N#Cc1ccccc1-c1ccc(Cn2nnc(-c3ccc(C(N)=O)cc3)n2)cc1. The summed E-state index contributed by atoms with van der Waals surface area (Å²) in [5, 5.41) is 21.8. The minimum atomic E-state index is -0.478. The second-order valence-electron chi connectivity index (χ2n) is 6.44. The summed E-state index contributed by atoms with van der Waals surface area (Å²) in [6, 6.07) is 24.4. The molecule has 4 aromatic rings. The van der Waals surface area contributed by atoms with Gasteiger partial charge in [-0.1, -0.05) is 54.6 Å². The molecular weight excluding hydrogens is 364 g/mol. The standard InChI is InChI=1S/C22H16N6O/c23-13-19-3-1-2-4-20(19)16-7-5-15(6-8-16)14-28-26-22(25-27-28)18-11-9-17(10-12-18)21(24)29/h1-12H,14H2,(H2,24,29). The van der Waals surface area contributed by atoms with Gasteiger partial charge < -0.3 is 5.73 Å². The predicted molar refractivity (Wildman–Crippen MR) is 107 cm³/mol. The maximum absolute atomic E-state index is 11.2. The number of amides is 1. The Morgan fingerprint density at radius 1 is 0.966 bits per heavy atom. The number of rotatable bonds is 5. The van der Waals surface area contributed by atoms with Crippen LogP contribution in [0.15, 0.2) is 72.8 Å². The van der Waals surface area contributed by atoms with Crippen molar-refractivity contribution in [3.63, 3.8) is 0 Å². The molecule has 3 aromatic carbocycles. The van der Waals surface area contributed by atoms with Gasteiger partial charge in [0.05, 0.1) is 18.2 Å². The first kappa shape index (κ1) is 18.1. The van der Waals surface area contributed by atoms with Gasteiger partial charge in [-0.15, -0.1) is 10.2 Å². The lowest BCUT2D eigenvalue weighted by Gasteiger charge is -2.05. The zero-order valence-electron chi connectivity index (χ0n) is 15.4. The van der Waals surface area contributed by atoms with E-state index in [2.05, 4.69) is 21.5 Å². The molecule has 1 amide bonds. The molecule has 1 heterocycles. The van der Waals surface area contributed by atoms with Gasteiger partial charge in [-0.2, -0.15) is 10.1 Å². The second kappa shape index (κ2) is 7.74. The van der Waals surface area contributed by atoms with E-state index in [-0.39, 0.29) is 0 Å². The van der Waals surface area contributed by atoms with Crippen molar-refractivity contribution < 1.29 is 4.79 Å². The normalized spacial score (nSPS) is 10.4. The fourth-order valence-corrected chi connectivity index (χ4v) is 2.99. The Labute approximate surface area is 167 Å². The summed E-state index contributed by atoms with van der Waals surface area (Å²) in [6.45, 7) is 0.465. The number of tetrazole rings is 1. The molecule has 0 aliphatic carbocycles. The number of hydrogen-bond acceptors (Lipinski definition) is 5. The monoisotopic (exact) mass is 380 g/mol. The van der Waals surface area contributed by atoms with Gasteiger partial charge in [0, 0.05) is 11.1 Å². The van der Waals surface area contributed by atoms with Crippen molar-refractivity contribution in [1.29, 1.82) is 5.26 Å². The molecule has 0 saturated carbocycles. The Hall–Kier alpha value is -4.31. The highest BCUT2D eigenvalue weighted by Crippen LogP contribution is 2.23. The molecule has 1 aromatic heterocycles. The number of nitrogens with two attached hydrogens (primary N) is 1. The van der Waals surface area contributed by atoms with Gasteiger partial charge in [0.15, 0.2) is 0 Å². The van der Waals surface area contributed by atoms with Crippen LogP contribution in [0.5, 0.6) is 0 Å². The van der Waals surface area contributed by atoms with E-state index in [0.29, 0.717) is 23.5 Å². The fraction of sp³-hybridized carbons (Fsp3) is 0.0455. The number of carbonyl (C=O) groups is 1. The first-order valence-electron chi connectivity index (χ1n) is 8.90. The third-order valence-corrected chi connectivity index (χ3v) is 4.52. The van der Waals surface area contributed by atoms with Gasteiger partial charge in [-0.05, 0) is 40.1 Å². The fourth-order valence-electron chi connectivity index (χ4n) is 2.99. The molecule has 2 N–H and O–H groups in total. The van der Waals surface area contributed by atoms with Crippen LogP contribution in [0.4, 0.5) is 0 Å². The van der Waals surface area contributed by atoms with Gasteiger partial charge in [0.2, 0.25) is 11.7 Å². The van der Waals surface area contributed by atoms with Crippen molar-refractivity contribution in [2.24, 2.45) is 5.73 Å². The van der Waals surface area contributed by atoms with Crippen LogP contribution < -0.4 is 5.73 Å². The van der Waals surface area contributed by atoms with E-state index in [0.717, 1.165) is 22.3 Å². The Kier molecular flexibility index (Phi) is 4.82. The topological polar surface area (TPSA) is 110 Å². The van der Waals surface area contributed by atoms with Crippen molar-refractivity contribution in [1.82, 2.24) is 20.2 Å².